The first-order valence-corrected chi connectivity index (χ1v) is 5.87. The molecule has 1 rings (SSSR count). The van der Waals surface area contributed by atoms with Gasteiger partial charge in [0.1, 0.15) is 0 Å². The molecule has 1 unspecified atom stereocenters. The van der Waals surface area contributed by atoms with Crippen LogP contribution in [0, 0.1) is 5.92 Å². The Kier molecular flexibility index (Phi) is 5.63. The van der Waals surface area contributed by atoms with Gasteiger partial charge in [0.15, 0.2) is 0 Å². The summed E-state index contributed by atoms with van der Waals surface area (Å²) >= 11 is 0. The molecule has 0 radical (unpaired) electrons. The van der Waals surface area contributed by atoms with Crippen molar-refractivity contribution in [3.63, 3.8) is 0 Å². The molecule has 4 heteroatoms. The highest BCUT2D eigenvalue weighted by Gasteiger charge is 2.16. The first-order valence-electron chi connectivity index (χ1n) is 5.87. The molecule has 0 N–H and O–H groups in total. The Labute approximate surface area is 103 Å². The Bertz CT molecular complexity index is 341. The van der Waals surface area contributed by atoms with Gasteiger partial charge >= 0.3 is 5.97 Å². The lowest BCUT2D eigenvalue weighted by molar-refractivity contribution is -0.147. The third kappa shape index (κ3) is 4.95. The molecular weight excluding hydrogens is 216 g/mol. The minimum Gasteiger partial charge on any atom is -0.466 e. The second-order valence-electron chi connectivity index (χ2n) is 4.21. The van der Waals surface area contributed by atoms with E-state index in [0.29, 0.717) is 13.2 Å². The molecule has 1 aromatic rings. The molecule has 1 atom stereocenters. The van der Waals surface area contributed by atoms with Gasteiger partial charge in [0, 0.05) is 25.5 Å². The van der Waals surface area contributed by atoms with Crippen molar-refractivity contribution in [3.8, 4) is 0 Å². The van der Waals surface area contributed by atoms with Crippen molar-refractivity contribution in [2.45, 2.75) is 20.4 Å². The van der Waals surface area contributed by atoms with E-state index in [0.717, 1.165) is 12.1 Å². The summed E-state index contributed by atoms with van der Waals surface area (Å²) < 4.78 is 4.98. The molecule has 0 aliphatic carbocycles. The SMILES string of the molecule is CCOC(=O)C(C)CN(C)Cc1cccnc1. The van der Waals surface area contributed by atoms with Crippen LogP contribution in [0.4, 0.5) is 0 Å². The molecule has 0 bridgehead atoms. The van der Waals surface area contributed by atoms with E-state index in [4.69, 9.17) is 4.74 Å². The molecule has 0 fully saturated rings. The molecule has 94 valence electrons. The van der Waals surface area contributed by atoms with Crippen molar-refractivity contribution in [2.75, 3.05) is 20.2 Å². The monoisotopic (exact) mass is 236 g/mol. The fourth-order valence-electron chi connectivity index (χ4n) is 1.69. The minimum absolute atomic E-state index is 0.100. The van der Waals surface area contributed by atoms with E-state index in [9.17, 15) is 4.79 Å². The Morgan fingerprint density at radius 1 is 1.59 bits per heavy atom. The van der Waals surface area contributed by atoms with E-state index >= 15 is 0 Å². The number of aromatic nitrogens is 1. The lowest BCUT2D eigenvalue weighted by Gasteiger charge is -2.20. The first kappa shape index (κ1) is 13.6. The standard InChI is InChI=1S/C13H20N2O2/c1-4-17-13(16)11(2)9-15(3)10-12-6-5-7-14-8-12/h5-8,11H,4,9-10H2,1-3H3. The lowest BCUT2D eigenvalue weighted by atomic mass is 10.1. The Morgan fingerprint density at radius 2 is 2.35 bits per heavy atom. The van der Waals surface area contributed by atoms with Gasteiger partial charge in [-0.2, -0.15) is 0 Å². The predicted octanol–water partition coefficient (Wildman–Crippen LogP) is 1.71. The Morgan fingerprint density at radius 3 is 2.94 bits per heavy atom. The summed E-state index contributed by atoms with van der Waals surface area (Å²) in [5, 5.41) is 0. The molecule has 0 aliphatic heterocycles. The summed E-state index contributed by atoms with van der Waals surface area (Å²) in [5.41, 5.74) is 1.14. The van der Waals surface area contributed by atoms with Gasteiger partial charge in [0.2, 0.25) is 0 Å². The predicted molar refractivity (Wildman–Crippen MR) is 66.4 cm³/mol. The zero-order valence-corrected chi connectivity index (χ0v) is 10.7. The van der Waals surface area contributed by atoms with Gasteiger partial charge in [-0.05, 0) is 25.6 Å². The van der Waals surface area contributed by atoms with Crippen LogP contribution in [0.2, 0.25) is 0 Å². The van der Waals surface area contributed by atoms with Crippen LogP contribution in [0.5, 0.6) is 0 Å². The second-order valence-corrected chi connectivity index (χ2v) is 4.21. The van der Waals surface area contributed by atoms with Gasteiger partial charge in [-0.3, -0.25) is 9.78 Å². The zero-order valence-electron chi connectivity index (χ0n) is 10.7. The van der Waals surface area contributed by atoms with Crippen LogP contribution in [0.25, 0.3) is 0 Å². The quantitative estimate of drug-likeness (QED) is 0.705. The van der Waals surface area contributed by atoms with E-state index in [2.05, 4.69) is 9.88 Å². The van der Waals surface area contributed by atoms with Crippen LogP contribution < -0.4 is 0 Å². The van der Waals surface area contributed by atoms with Crippen molar-refractivity contribution in [1.29, 1.82) is 0 Å². The number of pyridine rings is 1. The van der Waals surface area contributed by atoms with Gasteiger partial charge in [-0.25, -0.2) is 0 Å². The number of carbonyl (C=O) groups is 1. The second kappa shape index (κ2) is 7.01. The van der Waals surface area contributed by atoms with E-state index in [-0.39, 0.29) is 11.9 Å². The zero-order chi connectivity index (χ0) is 12.7. The highest BCUT2D eigenvalue weighted by Crippen LogP contribution is 2.05. The van der Waals surface area contributed by atoms with Gasteiger partial charge in [-0.1, -0.05) is 13.0 Å². The molecular formula is C13H20N2O2. The van der Waals surface area contributed by atoms with Gasteiger partial charge in [0.25, 0.3) is 0 Å². The van der Waals surface area contributed by atoms with Crippen LogP contribution >= 0.6 is 0 Å². The molecule has 0 spiro atoms. The summed E-state index contributed by atoms with van der Waals surface area (Å²) in [6, 6.07) is 3.94. The molecule has 4 nitrogen and oxygen atoms in total. The number of esters is 1. The average Bonchev–Trinajstić information content (AvgIpc) is 2.30. The maximum absolute atomic E-state index is 11.5. The fourth-order valence-corrected chi connectivity index (χ4v) is 1.69. The maximum atomic E-state index is 11.5. The molecule has 1 aromatic heterocycles. The number of nitrogens with zero attached hydrogens (tertiary/aromatic N) is 2. The Hall–Kier alpha value is -1.42. The fraction of sp³-hybridized carbons (Fsp3) is 0.538. The number of hydrogen-bond acceptors (Lipinski definition) is 4. The van der Waals surface area contributed by atoms with Crippen LogP contribution in [0.15, 0.2) is 24.5 Å². The summed E-state index contributed by atoms with van der Waals surface area (Å²) in [7, 11) is 1.99. The van der Waals surface area contributed by atoms with Crippen LogP contribution in [-0.4, -0.2) is 36.1 Å². The topological polar surface area (TPSA) is 42.4 Å². The highest BCUT2D eigenvalue weighted by atomic mass is 16.5. The van der Waals surface area contributed by atoms with Crippen molar-refractivity contribution in [3.05, 3.63) is 30.1 Å². The molecule has 17 heavy (non-hydrogen) atoms. The summed E-state index contributed by atoms with van der Waals surface area (Å²) in [5.74, 6) is -0.234. The summed E-state index contributed by atoms with van der Waals surface area (Å²) in [6.45, 7) is 5.63. The smallest absolute Gasteiger partial charge is 0.309 e. The summed E-state index contributed by atoms with van der Waals surface area (Å²) in [4.78, 5) is 17.6. The first-order chi connectivity index (χ1) is 8.13. The van der Waals surface area contributed by atoms with Gasteiger partial charge < -0.3 is 9.64 Å². The average molecular weight is 236 g/mol. The maximum Gasteiger partial charge on any atom is 0.309 e. The van der Waals surface area contributed by atoms with Crippen molar-refractivity contribution < 1.29 is 9.53 Å². The van der Waals surface area contributed by atoms with Crippen molar-refractivity contribution in [1.82, 2.24) is 9.88 Å². The number of rotatable bonds is 6. The van der Waals surface area contributed by atoms with E-state index in [1.165, 1.54) is 0 Å². The van der Waals surface area contributed by atoms with Crippen LogP contribution in [0.1, 0.15) is 19.4 Å². The van der Waals surface area contributed by atoms with Crippen LogP contribution in [-0.2, 0) is 16.1 Å². The number of ether oxygens (including phenoxy) is 1. The molecule has 0 aliphatic rings. The van der Waals surface area contributed by atoms with E-state index in [1.807, 2.05) is 39.2 Å². The molecule has 1 heterocycles. The number of hydrogen-bond donors (Lipinski definition) is 0. The summed E-state index contributed by atoms with van der Waals surface area (Å²) in [6.07, 6.45) is 3.59. The van der Waals surface area contributed by atoms with Gasteiger partial charge in [0.05, 0.1) is 12.5 Å². The molecule has 0 saturated heterocycles. The largest absolute Gasteiger partial charge is 0.466 e. The number of carbonyl (C=O) groups excluding carboxylic acids is 1. The van der Waals surface area contributed by atoms with E-state index in [1.54, 1.807) is 6.20 Å². The normalized spacial score (nSPS) is 12.5. The van der Waals surface area contributed by atoms with Crippen molar-refractivity contribution >= 4 is 5.97 Å². The molecule has 0 saturated carbocycles. The van der Waals surface area contributed by atoms with Gasteiger partial charge in [-0.15, -0.1) is 0 Å². The lowest BCUT2D eigenvalue weighted by Crippen LogP contribution is -2.29. The third-order valence-electron chi connectivity index (χ3n) is 2.45. The minimum atomic E-state index is -0.134. The van der Waals surface area contributed by atoms with E-state index < -0.39 is 0 Å². The third-order valence-corrected chi connectivity index (χ3v) is 2.45. The molecule has 0 aromatic carbocycles. The molecule has 0 amide bonds. The van der Waals surface area contributed by atoms with Crippen molar-refractivity contribution in [2.24, 2.45) is 5.92 Å². The Balaban J connectivity index is 2.39. The van der Waals surface area contributed by atoms with Crippen LogP contribution in [0.3, 0.4) is 0 Å². The highest BCUT2D eigenvalue weighted by molar-refractivity contribution is 5.72.